The molecule has 176 valence electrons. The van der Waals surface area contributed by atoms with E-state index in [0.29, 0.717) is 28.8 Å². The summed E-state index contributed by atoms with van der Waals surface area (Å²) in [5.41, 5.74) is 0.839. The van der Waals surface area contributed by atoms with Crippen LogP contribution in [0.5, 0.6) is 0 Å². The molecule has 2 fully saturated rings. The predicted octanol–water partition coefficient (Wildman–Crippen LogP) is 4.40. The fourth-order valence-electron chi connectivity index (χ4n) is 5.04. The second-order valence-electron chi connectivity index (χ2n) is 9.20. The Morgan fingerprint density at radius 1 is 1.24 bits per heavy atom. The van der Waals surface area contributed by atoms with Gasteiger partial charge in [0.15, 0.2) is 0 Å². The average Bonchev–Trinajstić information content (AvgIpc) is 3.29. The minimum absolute atomic E-state index is 0.0914. The molecule has 1 aromatic carbocycles. The van der Waals surface area contributed by atoms with Crippen molar-refractivity contribution in [2.45, 2.75) is 44.1 Å². The lowest BCUT2D eigenvalue weighted by atomic mass is 9.71. The van der Waals surface area contributed by atoms with Crippen molar-refractivity contribution in [3.05, 3.63) is 58.2 Å². The molecule has 0 bridgehead atoms. The van der Waals surface area contributed by atoms with E-state index < -0.39 is 0 Å². The maximum atomic E-state index is 12.9. The van der Waals surface area contributed by atoms with E-state index in [1.54, 1.807) is 13.1 Å². The Balaban J connectivity index is 1.58. The van der Waals surface area contributed by atoms with E-state index in [9.17, 15) is 9.59 Å². The number of likely N-dealkylation sites (tertiary alicyclic amines) is 1. The lowest BCUT2D eigenvalue weighted by Crippen LogP contribution is -2.50. The fraction of sp³-hybridized carbons (Fsp3) is 0.480. The second-order valence-corrected chi connectivity index (χ2v) is 10.0. The number of amides is 2. The lowest BCUT2D eigenvalue weighted by molar-refractivity contribution is -0.129. The molecule has 8 heteroatoms. The summed E-state index contributed by atoms with van der Waals surface area (Å²) in [6, 6.07) is 11.7. The zero-order valence-corrected chi connectivity index (χ0v) is 20.6. The second kappa shape index (κ2) is 10.00. The van der Waals surface area contributed by atoms with E-state index in [0.717, 1.165) is 44.5 Å². The van der Waals surface area contributed by atoms with Gasteiger partial charge in [0.25, 0.3) is 0 Å². The lowest BCUT2D eigenvalue weighted by Gasteiger charge is -2.43. The minimum atomic E-state index is -0.260. The number of anilines is 1. The van der Waals surface area contributed by atoms with Crippen LogP contribution >= 0.6 is 23.2 Å². The maximum absolute atomic E-state index is 12.9. The van der Waals surface area contributed by atoms with Gasteiger partial charge in [-0.1, -0.05) is 35.3 Å². The normalized spacial score (nSPS) is 23.7. The summed E-state index contributed by atoms with van der Waals surface area (Å²) in [6.45, 7) is 4.88. The predicted molar refractivity (Wildman–Crippen MR) is 132 cm³/mol. The highest BCUT2D eigenvalue weighted by molar-refractivity contribution is 6.42. The molecule has 0 radical (unpaired) electrons. The molecular weight excluding hydrogens is 459 g/mol. The zero-order chi connectivity index (χ0) is 23.6. The van der Waals surface area contributed by atoms with Crippen molar-refractivity contribution in [3.63, 3.8) is 0 Å². The molecule has 6 nitrogen and oxygen atoms in total. The van der Waals surface area contributed by atoms with Crippen molar-refractivity contribution in [1.82, 2.24) is 14.8 Å². The first-order chi connectivity index (χ1) is 15.8. The van der Waals surface area contributed by atoms with Crippen molar-refractivity contribution in [3.8, 4) is 0 Å². The standard InChI is InChI=1S/C25H30Cl2N4O2/c1-18(32)29(2)20-9-13-30(16-20)14-11-25(19-6-7-21(26)22(27)15-19)10-8-24(33)31(17-25)23-5-3-4-12-28-23/h3-7,12,15,20H,8-11,13-14,16-17H2,1-2H3/t20-,25+/m0/s1. The van der Waals surface area contributed by atoms with Crippen LogP contribution in [0.4, 0.5) is 5.82 Å². The summed E-state index contributed by atoms with van der Waals surface area (Å²) in [6.07, 6.45) is 4.77. The molecule has 4 rings (SSSR count). The summed E-state index contributed by atoms with van der Waals surface area (Å²) < 4.78 is 0. The number of nitrogens with zero attached hydrogens (tertiary/aromatic N) is 4. The van der Waals surface area contributed by atoms with Gasteiger partial charge in [-0.15, -0.1) is 0 Å². The number of aromatic nitrogens is 1. The van der Waals surface area contributed by atoms with Crippen molar-refractivity contribution < 1.29 is 9.59 Å². The van der Waals surface area contributed by atoms with Gasteiger partial charge in [0, 0.05) is 57.7 Å². The highest BCUT2D eigenvalue weighted by Crippen LogP contribution is 2.41. The van der Waals surface area contributed by atoms with E-state index in [1.165, 1.54) is 0 Å². The number of rotatable bonds is 6. The molecule has 1 aromatic heterocycles. The highest BCUT2D eigenvalue weighted by Gasteiger charge is 2.42. The van der Waals surface area contributed by atoms with Gasteiger partial charge >= 0.3 is 0 Å². The van der Waals surface area contributed by atoms with Crippen LogP contribution in [-0.4, -0.2) is 65.9 Å². The summed E-state index contributed by atoms with van der Waals surface area (Å²) in [7, 11) is 1.88. The van der Waals surface area contributed by atoms with Crippen LogP contribution in [-0.2, 0) is 15.0 Å². The maximum Gasteiger partial charge on any atom is 0.228 e. The van der Waals surface area contributed by atoms with Crippen LogP contribution in [0, 0.1) is 0 Å². The van der Waals surface area contributed by atoms with E-state index >= 15 is 0 Å². The molecule has 2 amide bonds. The van der Waals surface area contributed by atoms with Gasteiger partial charge in [0.05, 0.1) is 10.0 Å². The smallest absolute Gasteiger partial charge is 0.228 e. The Bertz CT molecular complexity index is 1020. The molecule has 0 saturated carbocycles. The molecule has 33 heavy (non-hydrogen) atoms. The molecule has 2 aromatic rings. The number of piperidine rings is 1. The van der Waals surface area contributed by atoms with E-state index in [4.69, 9.17) is 23.2 Å². The first-order valence-corrected chi connectivity index (χ1v) is 12.2. The Labute approximate surface area is 205 Å². The van der Waals surface area contributed by atoms with Crippen molar-refractivity contribution >= 4 is 40.8 Å². The third-order valence-corrected chi connectivity index (χ3v) is 7.97. The minimum Gasteiger partial charge on any atom is -0.342 e. The average molecular weight is 489 g/mol. The van der Waals surface area contributed by atoms with Gasteiger partial charge in [0.1, 0.15) is 5.82 Å². The summed E-state index contributed by atoms with van der Waals surface area (Å²) >= 11 is 12.6. The molecule has 2 aliphatic rings. The number of pyridine rings is 1. The Morgan fingerprint density at radius 2 is 2.06 bits per heavy atom. The quantitative estimate of drug-likeness (QED) is 0.604. The number of halogens is 2. The Kier molecular flexibility index (Phi) is 7.27. The molecule has 2 atom stereocenters. The van der Waals surface area contributed by atoms with Crippen LogP contribution in [0.25, 0.3) is 0 Å². The largest absolute Gasteiger partial charge is 0.342 e. The SMILES string of the molecule is CC(=O)N(C)[C@H]1CCN(CC[C@]2(c3ccc(Cl)c(Cl)c3)CCC(=O)N(c3ccccn3)C2)C1. The van der Waals surface area contributed by atoms with Gasteiger partial charge in [-0.05, 0) is 55.6 Å². The van der Waals surface area contributed by atoms with Crippen LogP contribution < -0.4 is 4.90 Å². The Hall–Kier alpha value is -2.15. The molecule has 3 heterocycles. The highest BCUT2D eigenvalue weighted by atomic mass is 35.5. The van der Waals surface area contributed by atoms with Crippen molar-refractivity contribution in [1.29, 1.82) is 0 Å². The number of carbonyl (C=O) groups is 2. The number of likely N-dealkylation sites (N-methyl/N-ethyl adjacent to an activating group) is 1. The molecule has 0 N–H and O–H groups in total. The molecule has 0 spiro atoms. The van der Waals surface area contributed by atoms with Crippen LogP contribution in [0.1, 0.15) is 38.2 Å². The molecule has 0 aliphatic carbocycles. The third kappa shape index (κ3) is 5.18. The van der Waals surface area contributed by atoms with E-state index in [2.05, 4.69) is 9.88 Å². The third-order valence-electron chi connectivity index (χ3n) is 7.24. The van der Waals surface area contributed by atoms with E-state index in [1.807, 2.05) is 53.2 Å². The fourth-order valence-corrected chi connectivity index (χ4v) is 5.34. The number of benzene rings is 1. The van der Waals surface area contributed by atoms with E-state index in [-0.39, 0.29) is 23.3 Å². The van der Waals surface area contributed by atoms with Gasteiger partial charge in [0.2, 0.25) is 11.8 Å². The number of carbonyl (C=O) groups excluding carboxylic acids is 2. The zero-order valence-electron chi connectivity index (χ0n) is 19.1. The number of hydrogen-bond acceptors (Lipinski definition) is 4. The van der Waals surface area contributed by atoms with Gasteiger partial charge < -0.3 is 9.80 Å². The summed E-state index contributed by atoms with van der Waals surface area (Å²) in [5.74, 6) is 0.871. The Morgan fingerprint density at radius 3 is 2.76 bits per heavy atom. The van der Waals surface area contributed by atoms with Crippen LogP contribution in [0.3, 0.4) is 0 Å². The topological polar surface area (TPSA) is 56.8 Å². The number of hydrogen-bond donors (Lipinski definition) is 0. The van der Waals surface area contributed by atoms with Gasteiger partial charge in [-0.25, -0.2) is 4.98 Å². The molecule has 2 aliphatic heterocycles. The summed E-state index contributed by atoms with van der Waals surface area (Å²) in [4.78, 5) is 35.2. The first kappa shape index (κ1) is 24.0. The van der Waals surface area contributed by atoms with Gasteiger partial charge in [-0.3, -0.25) is 14.5 Å². The monoisotopic (exact) mass is 488 g/mol. The molecular formula is C25H30Cl2N4O2. The first-order valence-electron chi connectivity index (χ1n) is 11.4. The van der Waals surface area contributed by atoms with Gasteiger partial charge in [-0.2, -0.15) is 0 Å². The van der Waals surface area contributed by atoms with Crippen LogP contribution in [0.2, 0.25) is 10.0 Å². The van der Waals surface area contributed by atoms with Crippen LogP contribution in [0.15, 0.2) is 42.6 Å². The molecule has 0 unspecified atom stereocenters. The summed E-state index contributed by atoms with van der Waals surface area (Å²) in [5, 5.41) is 1.05. The van der Waals surface area contributed by atoms with Crippen molar-refractivity contribution in [2.24, 2.45) is 0 Å². The van der Waals surface area contributed by atoms with Crippen molar-refractivity contribution in [2.75, 3.05) is 38.1 Å². The molecule has 2 saturated heterocycles.